The zero-order valence-electron chi connectivity index (χ0n) is 6.98. The molecule has 0 unspecified atom stereocenters. The lowest BCUT2D eigenvalue weighted by atomic mass is 10.2. The zero-order chi connectivity index (χ0) is 8.85. The number of nitrogens with one attached hydrogen (secondary N) is 1. The summed E-state index contributed by atoms with van der Waals surface area (Å²) in [7, 11) is 1.77. The number of likely N-dealkylation sites (N-methyl/N-ethyl adjacent to an activating group) is 1. The summed E-state index contributed by atoms with van der Waals surface area (Å²) in [4.78, 5) is 10.6. The van der Waals surface area contributed by atoms with Gasteiger partial charge in [0, 0.05) is 19.7 Å². The number of allylic oxidation sites excluding steroid dienone is 3. The Balaban J connectivity index is 0. The lowest BCUT2D eigenvalue weighted by molar-refractivity contribution is -0.113. The number of hydrogen-bond donors (Lipinski definition) is 1. The molecule has 0 bridgehead atoms. The molecule has 0 fully saturated rings. The van der Waals surface area contributed by atoms with Gasteiger partial charge >= 0.3 is 0 Å². The lowest BCUT2D eigenvalue weighted by Crippen LogP contribution is -2.01. The van der Waals surface area contributed by atoms with E-state index in [0.717, 1.165) is 5.70 Å². The minimum Gasteiger partial charge on any atom is -0.389 e. The quantitative estimate of drug-likeness (QED) is 0.491. The fourth-order valence-electron chi connectivity index (χ4n) is 0.402. The number of carbonyl (C=O) groups is 1. The summed E-state index contributed by atoms with van der Waals surface area (Å²) in [6.07, 6.45) is 3.35. The highest BCUT2D eigenvalue weighted by molar-refractivity contribution is 5.95. The van der Waals surface area contributed by atoms with Crippen LogP contribution in [0.3, 0.4) is 0 Å². The summed E-state index contributed by atoms with van der Waals surface area (Å²) in [5.74, 6) is -0.0230. The average Bonchev–Trinajstić information content (AvgIpc) is 1.99. The first-order chi connectivity index (χ1) is 5.07. The molecule has 0 aromatic carbocycles. The molecule has 0 aliphatic rings. The first kappa shape index (κ1) is 9.69. The van der Waals surface area contributed by atoms with Crippen LogP contribution in [0.1, 0.15) is 8.35 Å². The molecule has 0 radical (unpaired) electrons. The van der Waals surface area contributed by atoms with Gasteiger partial charge in [0.05, 0.1) is 0 Å². The third kappa shape index (κ3) is 4.14. The summed E-state index contributed by atoms with van der Waals surface area (Å²) >= 11 is 0. The molecule has 2 nitrogen and oxygen atoms in total. The predicted octanol–water partition coefficient (Wildman–Crippen LogP) is 1.67. The molecule has 11 heavy (non-hydrogen) atoms. The fourth-order valence-corrected chi connectivity index (χ4v) is 0.402. The topological polar surface area (TPSA) is 29.1 Å². The van der Waals surface area contributed by atoms with Gasteiger partial charge in [-0.25, -0.2) is 0 Å². The van der Waals surface area contributed by atoms with Crippen molar-refractivity contribution in [2.75, 3.05) is 7.05 Å². The van der Waals surface area contributed by atoms with Gasteiger partial charge in [0.2, 0.25) is 0 Å². The first-order valence-electron chi connectivity index (χ1n) is 3.32. The predicted molar refractivity (Wildman–Crippen MR) is 49.3 cm³/mol. The highest BCUT2D eigenvalue weighted by atomic mass is 16.1. The second kappa shape index (κ2) is 4.50. The molecule has 0 spiro atoms. The Morgan fingerprint density at radius 1 is 1.45 bits per heavy atom. The van der Waals surface area contributed by atoms with Crippen molar-refractivity contribution in [2.24, 2.45) is 0 Å². The Morgan fingerprint density at radius 3 is 2.36 bits per heavy atom. The van der Waals surface area contributed by atoms with Gasteiger partial charge < -0.3 is 5.32 Å². The van der Waals surface area contributed by atoms with Crippen LogP contribution in [-0.4, -0.2) is 12.8 Å². The van der Waals surface area contributed by atoms with Crippen LogP contribution in [0, 0.1) is 0 Å². The van der Waals surface area contributed by atoms with Gasteiger partial charge in [0.15, 0.2) is 5.78 Å². The van der Waals surface area contributed by atoms with Crippen LogP contribution in [0.4, 0.5) is 0 Å². The molecule has 0 saturated heterocycles. The number of rotatable bonds is 4. The van der Waals surface area contributed by atoms with Crippen LogP contribution in [0.5, 0.6) is 0 Å². The Kier molecular flexibility index (Phi) is 3.96. The van der Waals surface area contributed by atoms with Crippen LogP contribution >= 0.6 is 0 Å². The number of Topliss-reactive ketones (excluding diaryl/α,β-unsaturated/α-hetero) is 1. The van der Waals surface area contributed by atoms with Crippen LogP contribution in [0.25, 0.3) is 0 Å². The van der Waals surface area contributed by atoms with E-state index in [4.69, 9.17) is 0 Å². The molecular formula is C9H15NO. The van der Waals surface area contributed by atoms with Crippen molar-refractivity contribution in [3.05, 3.63) is 36.6 Å². The second-order valence-electron chi connectivity index (χ2n) is 2.19. The van der Waals surface area contributed by atoms with Crippen LogP contribution in [-0.2, 0) is 4.79 Å². The first-order valence-corrected chi connectivity index (χ1v) is 3.32. The molecule has 62 valence electrons. The van der Waals surface area contributed by atoms with E-state index in [1.165, 1.54) is 6.92 Å². The molecular weight excluding hydrogens is 138 g/mol. The minimum absolute atomic E-state index is 0. The minimum atomic E-state index is -0.0230. The Morgan fingerprint density at radius 2 is 2.00 bits per heavy atom. The number of ketones is 1. The van der Waals surface area contributed by atoms with Crippen molar-refractivity contribution in [3.8, 4) is 0 Å². The maximum Gasteiger partial charge on any atom is 0.159 e. The third-order valence-corrected chi connectivity index (χ3v) is 1.26. The maximum atomic E-state index is 10.6. The largest absolute Gasteiger partial charge is 0.389 e. The van der Waals surface area contributed by atoms with Gasteiger partial charge in [-0.05, 0) is 13.0 Å². The number of carbonyl (C=O) groups excluding carboxylic acids is 1. The van der Waals surface area contributed by atoms with E-state index in [1.54, 1.807) is 19.2 Å². The van der Waals surface area contributed by atoms with Gasteiger partial charge in [-0.15, -0.1) is 0 Å². The third-order valence-electron chi connectivity index (χ3n) is 1.26. The van der Waals surface area contributed by atoms with Crippen molar-refractivity contribution in [1.82, 2.24) is 5.32 Å². The fraction of sp³-hybridized carbons (Fsp3) is 0.222. The van der Waals surface area contributed by atoms with Crippen molar-refractivity contribution >= 4 is 5.78 Å². The van der Waals surface area contributed by atoms with E-state index in [1.807, 2.05) is 0 Å². The van der Waals surface area contributed by atoms with Crippen LogP contribution in [0.2, 0.25) is 0 Å². The maximum absolute atomic E-state index is 10.6. The van der Waals surface area contributed by atoms with Crippen molar-refractivity contribution in [1.29, 1.82) is 0 Å². The van der Waals surface area contributed by atoms with Crippen LogP contribution < -0.4 is 5.32 Å². The van der Waals surface area contributed by atoms with Gasteiger partial charge in [-0.2, -0.15) is 0 Å². The normalized spacial score (nSPS) is 9.64. The van der Waals surface area contributed by atoms with E-state index >= 15 is 0 Å². The molecule has 0 aliphatic carbocycles. The molecule has 0 rings (SSSR count). The van der Waals surface area contributed by atoms with E-state index in [0.29, 0.717) is 5.57 Å². The van der Waals surface area contributed by atoms with E-state index in [-0.39, 0.29) is 7.21 Å². The highest BCUT2D eigenvalue weighted by Crippen LogP contribution is 1.96. The average molecular weight is 153 g/mol. The monoisotopic (exact) mass is 153 g/mol. The Bertz CT molecular complexity index is 219. The number of hydrogen-bond acceptors (Lipinski definition) is 2. The van der Waals surface area contributed by atoms with Gasteiger partial charge in [-0.1, -0.05) is 19.2 Å². The SMILES string of the molecule is C=C(/C=C\C(=C)C(C)=O)NC.[HH]. The smallest absolute Gasteiger partial charge is 0.159 e. The van der Waals surface area contributed by atoms with Crippen molar-refractivity contribution < 1.29 is 6.22 Å². The molecule has 0 atom stereocenters. The van der Waals surface area contributed by atoms with E-state index in [9.17, 15) is 4.79 Å². The highest BCUT2D eigenvalue weighted by Gasteiger charge is 1.92. The van der Waals surface area contributed by atoms with Gasteiger partial charge in [0.1, 0.15) is 0 Å². The zero-order valence-corrected chi connectivity index (χ0v) is 6.98. The molecule has 0 aliphatic heterocycles. The van der Waals surface area contributed by atoms with Crippen molar-refractivity contribution in [2.45, 2.75) is 6.92 Å². The summed E-state index contributed by atoms with van der Waals surface area (Å²) in [6.45, 7) is 8.69. The molecule has 0 aromatic rings. The summed E-state index contributed by atoms with van der Waals surface area (Å²) < 4.78 is 0. The van der Waals surface area contributed by atoms with Gasteiger partial charge in [0.25, 0.3) is 0 Å². The molecule has 1 N–H and O–H groups in total. The van der Waals surface area contributed by atoms with Crippen LogP contribution in [0.15, 0.2) is 36.6 Å². The lowest BCUT2D eigenvalue weighted by Gasteiger charge is -1.95. The van der Waals surface area contributed by atoms with Crippen molar-refractivity contribution in [3.63, 3.8) is 0 Å². The standard InChI is InChI=1S/C9H13NO.H2/c1-7(9(3)11)5-6-8(2)10-4;/h5-6,10H,1-2H2,3-4H3;1H/b6-5-;. The van der Waals surface area contributed by atoms with E-state index in [2.05, 4.69) is 18.5 Å². The molecule has 2 heteroatoms. The Labute approximate surface area is 68.8 Å². The van der Waals surface area contributed by atoms with Gasteiger partial charge in [-0.3, -0.25) is 4.79 Å². The van der Waals surface area contributed by atoms with E-state index < -0.39 is 0 Å². The molecule has 0 amide bonds. The molecule has 0 heterocycles. The Hall–Kier alpha value is -1.31. The molecule has 0 saturated carbocycles. The molecule has 0 aromatic heterocycles. The summed E-state index contributed by atoms with van der Waals surface area (Å²) in [6, 6.07) is 0. The summed E-state index contributed by atoms with van der Waals surface area (Å²) in [5, 5.41) is 2.83. The second-order valence-corrected chi connectivity index (χ2v) is 2.19. The summed E-state index contributed by atoms with van der Waals surface area (Å²) in [5.41, 5.74) is 1.24.